The first kappa shape index (κ1) is 18.5. The summed E-state index contributed by atoms with van der Waals surface area (Å²) in [7, 11) is 0. The molecule has 0 aliphatic rings. The van der Waals surface area contributed by atoms with Gasteiger partial charge in [-0.25, -0.2) is 0 Å². The molecule has 1 rings (SSSR count). The number of benzene rings is 1. The molecule has 3 N–H and O–H groups in total. The number of hydrogen-bond donors (Lipinski definition) is 1. The minimum atomic E-state index is 0. The summed E-state index contributed by atoms with van der Waals surface area (Å²) in [5.41, 5.74) is 2.84. The van der Waals surface area contributed by atoms with Gasteiger partial charge < -0.3 is 11.1 Å². The van der Waals surface area contributed by atoms with Crippen molar-refractivity contribution < 1.29 is 0 Å². The van der Waals surface area contributed by atoms with Gasteiger partial charge in [-0.2, -0.15) is 0 Å². The molecule has 0 fully saturated rings. The zero-order valence-corrected chi connectivity index (χ0v) is 13.0. The number of nitrogens with zero attached hydrogens (tertiary/aromatic N) is 1. The van der Waals surface area contributed by atoms with Gasteiger partial charge in [0.05, 0.1) is 0 Å². The highest BCUT2D eigenvalue weighted by Gasteiger charge is 2.08. The Hall–Kier alpha value is -1.54. The molecule has 20 heavy (non-hydrogen) atoms. The van der Waals surface area contributed by atoms with Crippen LogP contribution in [0.2, 0.25) is 0 Å². The molecule has 2 heteroatoms. The average molecular weight is 274 g/mol. The first-order valence-electron chi connectivity index (χ1n) is 7.38. The normalized spacial score (nSPS) is 9.65. The molecule has 112 valence electrons. The van der Waals surface area contributed by atoms with Crippen LogP contribution in [-0.2, 0) is 6.42 Å². The van der Waals surface area contributed by atoms with Gasteiger partial charge in [0.2, 0.25) is 0 Å². The minimum absolute atomic E-state index is 0. The third-order valence-electron chi connectivity index (χ3n) is 3.28. The van der Waals surface area contributed by atoms with Crippen LogP contribution < -0.4 is 11.1 Å². The standard InChI is InChI=1S/C18H27N.H3N/c1-4-7-8-9-12-17-13-10-11-14-18(17)19(15-5-2)16-6-3;/h4-5,10-11,13-14H,1-2,6-9,12,15-16H2,3H3;1H3. The number of aryl methyl sites for hydroxylation is 1. The first-order valence-corrected chi connectivity index (χ1v) is 7.38. The van der Waals surface area contributed by atoms with Crippen molar-refractivity contribution in [3.8, 4) is 0 Å². The summed E-state index contributed by atoms with van der Waals surface area (Å²) in [6, 6.07) is 8.77. The van der Waals surface area contributed by atoms with Crippen molar-refractivity contribution in [3.63, 3.8) is 0 Å². The van der Waals surface area contributed by atoms with E-state index in [4.69, 9.17) is 0 Å². The number of unbranched alkanes of at least 4 members (excludes halogenated alkanes) is 2. The maximum atomic E-state index is 3.87. The van der Waals surface area contributed by atoms with Gasteiger partial charge in [-0.15, -0.1) is 13.2 Å². The van der Waals surface area contributed by atoms with Gasteiger partial charge in [-0.1, -0.05) is 37.3 Å². The van der Waals surface area contributed by atoms with Crippen molar-refractivity contribution in [1.82, 2.24) is 6.15 Å². The lowest BCUT2D eigenvalue weighted by Crippen LogP contribution is -2.25. The van der Waals surface area contributed by atoms with Crippen LogP contribution in [0.15, 0.2) is 49.6 Å². The third kappa shape index (κ3) is 6.07. The Balaban J connectivity index is 0.00000361. The fourth-order valence-electron chi connectivity index (χ4n) is 2.37. The van der Waals surface area contributed by atoms with Crippen molar-refractivity contribution in [2.24, 2.45) is 0 Å². The summed E-state index contributed by atoms with van der Waals surface area (Å²) >= 11 is 0. The third-order valence-corrected chi connectivity index (χ3v) is 3.28. The van der Waals surface area contributed by atoms with Gasteiger partial charge in [-0.3, -0.25) is 0 Å². The van der Waals surface area contributed by atoms with Gasteiger partial charge in [0.25, 0.3) is 0 Å². The van der Waals surface area contributed by atoms with Crippen LogP contribution in [0.25, 0.3) is 0 Å². The number of hydrogen-bond acceptors (Lipinski definition) is 2. The van der Waals surface area contributed by atoms with Crippen LogP contribution in [0.3, 0.4) is 0 Å². The van der Waals surface area contributed by atoms with E-state index in [-0.39, 0.29) is 6.15 Å². The number of para-hydroxylation sites is 1. The molecule has 0 heterocycles. The molecule has 0 aliphatic carbocycles. The molecule has 1 aromatic carbocycles. The summed E-state index contributed by atoms with van der Waals surface area (Å²) in [6.07, 6.45) is 9.90. The summed E-state index contributed by atoms with van der Waals surface area (Å²) in [5.74, 6) is 0. The fraction of sp³-hybridized carbons (Fsp3) is 0.444. The quantitative estimate of drug-likeness (QED) is 0.473. The highest BCUT2D eigenvalue weighted by atomic mass is 15.1. The predicted molar refractivity (Wildman–Crippen MR) is 91.9 cm³/mol. The monoisotopic (exact) mass is 274 g/mol. The molecule has 0 saturated carbocycles. The largest absolute Gasteiger partial charge is 0.368 e. The van der Waals surface area contributed by atoms with Crippen molar-refractivity contribution >= 4 is 5.69 Å². The molecule has 0 radical (unpaired) electrons. The van der Waals surface area contributed by atoms with E-state index in [0.29, 0.717) is 0 Å². The Morgan fingerprint density at radius 2 is 1.85 bits per heavy atom. The molecule has 0 amide bonds. The van der Waals surface area contributed by atoms with E-state index in [9.17, 15) is 0 Å². The van der Waals surface area contributed by atoms with Gasteiger partial charge in [0.1, 0.15) is 0 Å². The lowest BCUT2D eigenvalue weighted by Gasteiger charge is -2.25. The van der Waals surface area contributed by atoms with E-state index < -0.39 is 0 Å². The smallest absolute Gasteiger partial charge is 0.0401 e. The second kappa shape index (κ2) is 11.3. The summed E-state index contributed by atoms with van der Waals surface area (Å²) in [5, 5.41) is 0. The van der Waals surface area contributed by atoms with E-state index in [1.807, 2.05) is 12.2 Å². The molecule has 0 unspecified atom stereocenters. The number of rotatable bonds is 10. The van der Waals surface area contributed by atoms with E-state index in [2.05, 4.69) is 49.2 Å². The highest BCUT2D eigenvalue weighted by molar-refractivity contribution is 5.54. The van der Waals surface area contributed by atoms with E-state index in [0.717, 1.165) is 25.9 Å². The molecular formula is C18H30N2. The predicted octanol–water partition coefficient (Wildman–Crippen LogP) is 5.15. The molecule has 0 spiro atoms. The van der Waals surface area contributed by atoms with Gasteiger partial charge in [-0.05, 0) is 43.7 Å². The molecule has 0 bridgehead atoms. The topological polar surface area (TPSA) is 38.2 Å². The summed E-state index contributed by atoms with van der Waals surface area (Å²) < 4.78 is 0. The molecule has 0 saturated heterocycles. The van der Waals surface area contributed by atoms with Gasteiger partial charge in [0.15, 0.2) is 0 Å². The lowest BCUT2D eigenvalue weighted by molar-refractivity contribution is 0.740. The minimum Gasteiger partial charge on any atom is -0.368 e. The molecule has 1 aromatic rings. The lowest BCUT2D eigenvalue weighted by atomic mass is 10.0. The van der Waals surface area contributed by atoms with Crippen LogP contribution >= 0.6 is 0 Å². The van der Waals surface area contributed by atoms with Gasteiger partial charge >= 0.3 is 0 Å². The van der Waals surface area contributed by atoms with Crippen LogP contribution in [0.5, 0.6) is 0 Å². The molecule has 0 aromatic heterocycles. The molecule has 0 aliphatic heterocycles. The Labute approximate surface area is 124 Å². The SMILES string of the molecule is C=CCCCCc1ccccc1N(CC=C)CCC.N. The zero-order valence-electron chi connectivity index (χ0n) is 13.0. The van der Waals surface area contributed by atoms with E-state index in [1.54, 1.807) is 0 Å². The maximum Gasteiger partial charge on any atom is 0.0401 e. The Bertz CT molecular complexity index is 385. The van der Waals surface area contributed by atoms with Crippen LogP contribution in [0.4, 0.5) is 5.69 Å². The number of anilines is 1. The Morgan fingerprint density at radius 1 is 1.10 bits per heavy atom. The van der Waals surface area contributed by atoms with Crippen LogP contribution in [-0.4, -0.2) is 13.1 Å². The molecule has 0 atom stereocenters. The second-order valence-corrected chi connectivity index (χ2v) is 4.90. The number of allylic oxidation sites excluding steroid dienone is 1. The average Bonchev–Trinajstić information content (AvgIpc) is 2.44. The van der Waals surface area contributed by atoms with E-state index in [1.165, 1.54) is 30.5 Å². The second-order valence-electron chi connectivity index (χ2n) is 4.90. The van der Waals surface area contributed by atoms with Crippen molar-refractivity contribution in [3.05, 3.63) is 55.1 Å². The van der Waals surface area contributed by atoms with Crippen LogP contribution in [0, 0.1) is 0 Å². The fourth-order valence-corrected chi connectivity index (χ4v) is 2.37. The Morgan fingerprint density at radius 3 is 2.50 bits per heavy atom. The van der Waals surface area contributed by atoms with E-state index >= 15 is 0 Å². The Kier molecular flexibility index (Phi) is 10.4. The van der Waals surface area contributed by atoms with Crippen molar-refractivity contribution in [1.29, 1.82) is 0 Å². The highest BCUT2D eigenvalue weighted by Crippen LogP contribution is 2.22. The van der Waals surface area contributed by atoms with Crippen LogP contribution in [0.1, 0.15) is 38.2 Å². The summed E-state index contributed by atoms with van der Waals surface area (Å²) in [4.78, 5) is 2.43. The zero-order chi connectivity index (χ0) is 13.9. The maximum absolute atomic E-state index is 3.87. The first-order chi connectivity index (χ1) is 9.33. The van der Waals surface area contributed by atoms with Crippen molar-refractivity contribution in [2.75, 3.05) is 18.0 Å². The summed E-state index contributed by atoms with van der Waals surface area (Å²) in [6.45, 7) is 11.9. The van der Waals surface area contributed by atoms with Gasteiger partial charge in [0, 0.05) is 18.8 Å². The molecular weight excluding hydrogens is 244 g/mol. The molecule has 2 nitrogen and oxygen atoms in total. The van der Waals surface area contributed by atoms with Crippen molar-refractivity contribution in [2.45, 2.75) is 39.0 Å².